The fourth-order valence-electron chi connectivity index (χ4n) is 2.47. The number of thioether (sulfide) groups is 1. The Hall–Kier alpha value is -0.930. The summed E-state index contributed by atoms with van der Waals surface area (Å²) in [6.45, 7) is 2.15. The van der Waals surface area contributed by atoms with E-state index in [4.69, 9.17) is 0 Å². The van der Waals surface area contributed by atoms with Gasteiger partial charge in [0.25, 0.3) is 0 Å². The monoisotopic (exact) mass is 333 g/mol. The van der Waals surface area contributed by atoms with Crippen molar-refractivity contribution in [1.29, 1.82) is 0 Å². The van der Waals surface area contributed by atoms with E-state index in [0.29, 0.717) is 6.04 Å². The smallest absolute Gasteiger partial charge is 0.0532 e. The van der Waals surface area contributed by atoms with E-state index in [-0.39, 0.29) is 0 Å². The van der Waals surface area contributed by atoms with Crippen LogP contribution in [0, 0.1) is 6.92 Å². The lowest BCUT2D eigenvalue weighted by Gasteiger charge is -2.27. The predicted molar refractivity (Wildman–Crippen MR) is 87.0 cm³/mol. The van der Waals surface area contributed by atoms with E-state index in [1.54, 1.807) is 0 Å². The maximum absolute atomic E-state index is 3.70. The number of halogens is 1. The first-order chi connectivity index (χ1) is 9.24. The van der Waals surface area contributed by atoms with E-state index in [1.807, 2.05) is 11.8 Å². The molecule has 0 bridgehead atoms. The Labute approximate surface area is 126 Å². The molecule has 0 saturated carbocycles. The second-order valence-corrected chi connectivity index (χ2v) is 6.88. The van der Waals surface area contributed by atoms with Crippen LogP contribution in [0.2, 0.25) is 0 Å². The lowest BCUT2D eigenvalue weighted by atomic mass is 10.0. The van der Waals surface area contributed by atoms with Crippen LogP contribution in [-0.2, 0) is 0 Å². The highest BCUT2D eigenvalue weighted by molar-refractivity contribution is 9.10. The number of fused-ring (bicyclic) bond motifs is 1. The number of benzene rings is 2. The number of rotatable bonds is 2. The first kappa shape index (κ1) is 13.1. The van der Waals surface area contributed by atoms with Crippen molar-refractivity contribution in [1.82, 2.24) is 0 Å². The van der Waals surface area contributed by atoms with E-state index in [1.165, 1.54) is 33.9 Å². The molecule has 98 valence electrons. The average molecular weight is 334 g/mol. The highest BCUT2D eigenvalue weighted by atomic mass is 79.9. The van der Waals surface area contributed by atoms with Crippen molar-refractivity contribution in [3.63, 3.8) is 0 Å². The Kier molecular flexibility index (Phi) is 3.85. The largest absolute Gasteiger partial charge is 0.378 e. The SMILES string of the molecule is Cc1cc(Br)ccc1NC1CCSc2ccccc21. The Morgan fingerprint density at radius 3 is 2.89 bits per heavy atom. The molecule has 1 nitrogen and oxygen atoms in total. The molecule has 3 rings (SSSR count). The first-order valence-electron chi connectivity index (χ1n) is 6.48. The van der Waals surface area contributed by atoms with E-state index >= 15 is 0 Å². The van der Waals surface area contributed by atoms with Crippen LogP contribution in [-0.4, -0.2) is 5.75 Å². The minimum Gasteiger partial charge on any atom is -0.378 e. The van der Waals surface area contributed by atoms with Gasteiger partial charge in [-0.3, -0.25) is 0 Å². The van der Waals surface area contributed by atoms with Crippen molar-refractivity contribution in [2.24, 2.45) is 0 Å². The lowest BCUT2D eigenvalue weighted by Crippen LogP contribution is -2.16. The standard InChI is InChI=1S/C16H16BrNS/c1-11-10-12(17)6-7-14(11)18-15-8-9-19-16-5-3-2-4-13(15)16/h2-7,10,15,18H,8-9H2,1H3. The van der Waals surface area contributed by atoms with Crippen LogP contribution in [0.3, 0.4) is 0 Å². The summed E-state index contributed by atoms with van der Waals surface area (Å²) in [4.78, 5) is 1.42. The van der Waals surface area contributed by atoms with E-state index < -0.39 is 0 Å². The molecule has 0 fully saturated rings. The summed E-state index contributed by atoms with van der Waals surface area (Å²) in [6.07, 6.45) is 1.18. The first-order valence-corrected chi connectivity index (χ1v) is 8.26. The Morgan fingerprint density at radius 2 is 2.05 bits per heavy atom. The predicted octanol–water partition coefficient (Wildman–Crippen LogP) is 5.41. The normalized spacial score (nSPS) is 17.9. The van der Waals surface area contributed by atoms with E-state index in [9.17, 15) is 0 Å². The molecular weight excluding hydrogens is 318 g/mol. The molecule has 2 aromatic rings. The van der Waals surface area contributed by atoms with Crippen molar-refractivity contribution in [2.45, 2.75) is 24.3 Å². The zero-order chi connectivity index (χ0) is 13.2. The third kappa shape index (κ3) is 2.82. The Bertz CT molecular complexity index is 597. The molecule has 0 saturated heterocycles. The highest BCUT2D eigenvalue weighted by Gasteiger charge is 2.20. The van der Waals surface area contributed by atoms with Gasteiger partial charge in [0.15, 0.2) is 0 Å². The average Bonchev–Trinajstić information content (AvgIpc) is 2.42. The van der Waals surface area contributed by atoms with Gasteiger partial charge in [0.05, 0.1) is 6.04 Å². The maximum atomic E-state index is 3.70. The van der Waals surface area contributed by atoms with Gasteiger partial charge in [0.1, 0.15) is 0 Å². The molecule has 1 aliphatic rings. The van der Waals surface area contributed by atoms with Crippen LogP contribution in [0.25, 0.3) is 0 Å². The molecule has 1 aliphatic heterocycles. The molecule has 0 amide bonds. The second-order valence-electron chi connectivity index (χ2n) is 4.83. The summed E-state index contributed by atoms with van der Waals surface area (Å²) in [6, 6.07) is 15.6. The molecule has 1 unspecified atom stereocenters. The molecule has 0 aliphatic carbocycles. The summed E-state index contributed by atoms with van der Waals surface area (Å²) in [7, 11) is 0. The van der Waals surface area contributed by atoms with Gasteiger partial charge in [-0.1, -0.05) is 34.1 Å². The van der Waals surface area contributed by atoms with Crippen LogP contribution < -0.4 is 5.32 Å². The molecule has 19 heavy (non-hydrogen) atoms. The quantitative estimate of drug-likeness (QED) is 0.788. The summed E-state index contributed by atoms with van der Waals surface area (Å²) >= 11 is 5.48. The summed E-state index contributed by atoms with van der Waals surface area (Å²) in [5.41, 5.74) is 3.95. The van der Waals surface area contributed by atoms with Gasteiger partial charge in [-0.25, -0.2) is 0 Å². The fraction of sp³-hybridized carbons (Fsp3) is 0.250. The van der Waals surface area contributed by atoms with Crippen molar-refractivity contribution in [3.05, 3.63) is 58.1 Å². The number of hydrogen-bond donors (Lipinski definition) is 1. The molecule has 1 N–H and O–H groups in total. The molecule has 2 aromatic carbocycles. The molecule has 0 spiro atoms. The molecule has 3 heteroatoms. The van der Waals surface area contributed by atoms with E-state index in [2.05, 4.69) is 70.6 Å². The van der Waals surface area contributed by atoms with Gasteiger partial charge < -0.3 is 5.32 Å². The fourth-order valence-corrected chi connectivity index (χ4v) is 4.07. The van der Waals surface area contributed by atoms with Crippen molar-refractivity contribution in [2.75, 3.05) is 11.1 Å². The molecular formula is C16H16BrNS. The second kappa shape index (κ2) is 5.59. The third-order valence-electron chi connectivity index (χ3n) is 3.48. The molecule has 1 atom stereocenters. The van der Waals surface area contributed by atoms with Gasteiger partial charge in [-0.2, -0.15) is 0 Å². The van der Waals surface area contributed by atoms with E-state index in [0.717, 1.165) is 4.47 Å². The minimum absolute atomic E-state index is 0.428. The van der Waals surface area contributed by atoms with Gasteiger partial charge in [0.2, 0.25) is 0 Å². The Balaban J connectivity index is 1.88. The molecule has 0 aromatic heterocycles. The van der Waals surface area contributed by atoms with Crippen LogP contribution in [0.1, 0.15) is 23.6 Å². The number of nitrogens with one attached hydrogen (secondary N) is 1. The van der Waals surface area contributed by atoms with Crippen LogP contribution in [0.5, 0.6) is 0 Å². The van der Waals surface area contributed by atoms with Crippen molar-refractivity contribution >= 4 is 33.4 Å². The maximum Gasteiger partial charge on any atom is 0.0532 e. The highest BCUT2D eigenvalue weighted by Crippen LogP contribution is 2.38. The summed E-state index contributed by atoms with van der Waals surface area (Å²) in [5, 5.41) is 3.70. The van der Waals surface area contributed by atoms with Crippen molar-refractivity contribution in [3.8, 4) is 0 Å². The Morgan fingerprint density at radius 1 is 1.21 bits per heavy atom. The van der Waals surface area contributed by atoms with Gasteiger partial charge >= 0.3 is 0 Å². The zero-order valence-electron chi connectivity index (χ0n) is 10.8. The summed E-state index contributed by atoms with van der Waals surface area (Å²) in [5.74, 6) is 1.18. The molecule has 1 heterocycles. The van der Waals surface area contributed by atoms with Crippen LogP contribution in [0.4, 0.5) is 5.69 Å². The van der Waals surface area contributed by atoms with Crippen LogP contribution in [0.15, 0.2) is 51.8 Å². The van der Waals surface area contributed by atoms with Gasteiger partial charge in [-0.05, 0) is 48.7 Å². The van der Waals surface area contributed by atoms with Crippen LogP contribution >= 0.6 is 27.7 Å². The summed E-state index contributed by atoms with van der Waals surface area (Å²) < 4.78 is 1.13. The van der Waals surface area contributed by atoms with Gasteiger partial charge in [0, 0.05) is 20.8 Å². The number of anilines is 1. The van der Waals surface area contributed by atoms with Crippen molar-refractivity contribution < 1.29 is 0 Å². The lowest BCUT2D eigenvalue weighted by molar-refractivity contribution is 0.728. The molecule has 0 radical (unpaired) electrons. The third-order valence-corrected chi connectivity index (χ3v) is 5.09. The number of aryl methyl sites for hydroxylation is 1. The minimum atomic E-state index is 0.428. The topological polar surface area (TPSA) is 12.0 Å². The zero-order valence-corrected chi connectivity index (χ0v) is 13.2. The number of hydrogen-bond acceptors (Lipinski definition) is 2. The van der Waals surface area contributed by atoms with Gasteiger partial charge in [-0.15, -0.1) is 11.8 Å².